The van der Waals surface area contributed by atoms with Crippen LogP contribution in [-0.4, -0.2) is 53.8 Å². The minimum atomic E-state index is -1.11. The largest absolute Gasteiger partial charge is 0.480 e. The van der Waals surface area contributed by atoms with E-state index in [0.29, 0.717) is 12.2 Å². The maximum absolute atomic E-state index is 12.6. The van der Waals surface area contributed by atoms with E-state index >= 15 is 0 Å². The van der Waals surface area contributed by atoms with Gasteiger partial charge < -0.3 is 20.5 Å². The van der Waals surface area contributed by atoms with Crippen LogP contribution in [-0.2, 0) is 14.3 Å². The van der Waals surface area contributed by atoms with Gasteiger partial charge in [0.2, 0.25) is 5.91 Å². The number of hydrogen-bond acceptors (Lipinski definition) is 5. The Kier molecular flexibility index (Phi) is 8.16. The average molecular weight is 457 g/mol. The second-order valence-electron chi connectivity index (χ2n) is 7.61. The van der Waals surface area contributed by atoms with Crippen LogP contribution in [0.25, 0.3) is 11.1 Å². The highest BCUT2D eigenvalue weighted by Gasteiger charge is 2.30. The Labute approximate surface area is 191 Å². The van der Waals surface area contributed by atoms with Crippen LogP contribution < -0.4 is 10.6 Å². The molecule has 1 aliphatic rings. The Morgan fingerprint density at radius 3 is 2.12 bits per heavy atom. The molecule has 32 heavy (non-hydrogen) atoms. The summed E-state index contributed by atoms with van der Waals surface area (Å²) in [4.78, 5) is 36.4. The number of nitrogens with one attached hydrogen (secondary N) is 2. The molecule has 2 aromatic rings. The zero-order valence-electron chi connectivity index (χ0n) is 18.2. The Balaban J connectivity index is 1.65. The van der Waals surface area contributed by atoms with Crippen LogP contribution in [0, 0.1) is 0 Å². The molecule has 170 valence electrons. The lowest BCUT2D eigenvalue weighted by Gasteiger charge is -2.21. The number of hydrogen-bond donors (Lipinski definition) is 3. The van der Waals surface area contributed by atoms with Gasteiger partial charge in [0.05, 0.1) is 0 Å². The van der Waals surface area contributed by atoms with E-state index < -0.39 is 30.1 Å². The van der Waals surface area contributed by atoms with E-state index in [1.165, 1.54) is 11.8 Å². The molecule has 0 saturated heterocycles. The number of alkyl carbamates (subject to hydrolysis) is 1. The number of carbonyl (C=O) groups is 3. The second kappa shape index (κ2) is 11.0. The number of carbonyl (C=O) groups excluding carboxylic acids is 2. The molecule has 0 bridgehead atoms. The number of benzene rings is 2. The van der Waals surface area contributed by atoms with Crippen molar-refractivity contribution in [1.82, 2.24) is 10.6 Å². The number of fused-ring (bicyclic) bond motifs is 3. The van der Waals surface area contributed by atoms with E-state index in [2.05, 4.69) is 22.8 Å². The minimum absolute atomic E-state index is 0.0805. The lowest BCUT2D eigenvalue weighted by atomic mass is 9.98. The first-order valence-corrected chi connectivity index (χ1v) is 12.0. The normalized spacial score (nSPS) is 14.1. The van der Waals surface area contributed by atoms with Gasteiger partial charge in [-0.3, -0.25) is 4.79 Å². The van der Waals surface area contributed by atoms with Gasteiger partial charge in [0.15, 0.2) is 0 Å². The predicted octanol–water partition coefficient (Wildman–Crippen LogP) is 3.63. The maximum Gasteiger partial charge on any atom is 0.407 e. The molecular formula is C24H28N2O5S. The number of carboxylic acids is 1. The van der Waals surface area contributed by atoms with Crippen molar-refractivity contribution in [3.05, 3.63) is 59.7 Å². The summed E-state index contributed by atoms with van der Waals surface area (Å²) in [7, 11) is 0. The van der Waals surface area contributed by atoms with Gasteiger partial charge in [-0.15, -0.1) is 0 Å². The molecule has 0 spiro atoms. The number of aliphatic carboxylic acids is 1. The van der Waals surface area contributed by atoms with Crippen molar-refractivity contribution < 1.29 is 24.2 Å². The van der Waals surface area contributed by atoms with Crippen LogP contribution in [0.2, 0.25) is 0 Å². The summed E-state index contributed by atoms with van der Waals surface area (Å²) in [6, 6.07) is 14.2. The van der Waals surface area contributed by atoms with Gasteiger partial charge in [0, 0.05) is 5.92 Å². The van der Waals surface area contributed by atoms with E-state index in [9.17, 15) is 19.5 Å². The fourth-order valence-corrected chi connectivity index (χ4v) is 4.37. The van der Waals surface area contributed by atoms with E-state index in [1.807, 2.05) is 42.7 Å². The van der Waals surface area contributed by atoms with Gasteiger partial charge in [-0.2, -0.15) is 11.8 Å². The molecule has 3 rings (SSSR count). The van der Waals surface area contributed by atoms with Crippen molar-refractivity contribution >= 4 is 29.7 Å². The van der Waals surface area contributed by atoms with Crippen LogP contribution in [0.15, 0.2) is 48.5 Å². The SMILES string of the molecule is CC[C@H](NC(=O)[C@H](CCSC)NC(=O)OCC1c2ccccc2-c2ccccc21)C(=O)O. The van der Waals surface area contributed by atoms with Crippen LogP contribution >= 0.6 is 11.8 Å². The second-order valence-corrected chi connectivity index (χ2v) is 8.60. The molecule has 0 heterocycles. The van der Waals surface area contributed by atoms with E-state index in [1.54, 1.807) is 6.92 Å². The molecule has 0 fully saturated rings. The van der Waals surface area contributed by atoms with Crippen LogP contribution in [0.1, 0.15) is 36.8 Å². The molecule has 8 heteroatoms. The quantitative estimate of drug-likeness (QED) is 0.504. The lowest BCUT2D eigenvalue weighted by molar-refractivity contribution is -0.142. The van der Waals surface area contributed by atoms with Crippen LogP contribution in [0.4, 0.5) is 4.79 Å². The van der Waals surface area contributed by atoms with Crippen molar-refractivity contribution in [2.45, 2.75) is 37.8 Å². The number of amides is 2. The molecule has 2 aromatic carbocycles. The van der Waals surface area contributed by atoms with E-state index in [-0.39, 0.29) is 18.9 Å². The monoisotopic (exact) mass is 456 g/mol. The first-order valence-electron chi connectivity index (χ1n) is 10.6. The fourth-order valence-electron chi connectivity index (χ4n) is 3.90. The Morgan fingerprint density at radius 2 is 1.59 bits per heavy atom. The van der Waals surface area contributed by atoms with Crippen molar-refractivity contribution in [3.8, 4) is 11.1 Å². The first kappa shape index (κ1) is 23.7. The predicted molar refractivity (Wildman–Crippen MR) is 125 cm³/mol. The van der Waals surface area contributed by atoms with Crippen LogP contribution in [0.3, 0.4) is 0 Å². The molecule has 1 aliphatic carbocycles. The minimum Gasteiger partial charge on any atom is -0.480 e. The molecule has 0 aromatic heterocycles. The summed E-state index contributed by atoms with van der Waals surface area (Å²) in [6.07, 6.45) is 1.82. The number of thioether (sulfide) groups is 1. The molecule has 0 radical (unpaired) electrons. The third-order valence-corrected chi connectivity index (χ3v) is 6.23. The Bertz CT molecular complexity index is 935. The van der Waals surface area contributed by atoms with Gasteiger partial charge in [-0.25, -0.2) is 9.59 Å². The van der Waals surface area contributed by atoms with Crippen molar-refractivity contribution in [2.24, 2.45) is 0 Å². The summed E-state index contributed by atoms with van der Waals surface area (Å²) in [5.41, 5.74) is 4.47. The smallest absolute Gasteiger partial charge is 0.407 e. The number of carboxylic acid groups (broad SMARTS) is 1. The van der Waals surface area contributed by atoms with E-state index in [4.69, 9.17) is 4.74 Å². The highest BCUT2D eigenvalue weighted by atomic mass is 32.2. The van der Waals surface area contributed by atoms with Crippen LogP contribution in [0.5, 0.6) is 0 Å². The number of rotatable bonds is 10. The first-order chi connectivity index (χ1) is 15.5. The van der Waals surface area contributed by atoms with E-state index in [0.717, 1.165) is 22.3 Å². The van der Waals surface area contributed by atoms with Gasteiger partial charge >= 0.3 is 12.1 Å². The highest BCUT2D eigenvalue weighted by Crippen LogP contribution is 2.44. The summed E-state index contributed by atoms with van der Waals surface area (Å²) in [6.45, 7) is 1.82. The zero-order chi connectivity index (χ0) is 23.1. The van der Waals surface area contributed by atoms with Gasteiger partial charge in [-0.05, 0) is 47.1 Å². The summed E-state index contributed by atoms with van der Waals surface area (Å²) < 4.78 is 5.53. The third-order valence-electron chi connectivity index (χ3n) is 5.59. The third kappa shape index (κ3) is 5.43. The highest BCUT2D eigenvalue weighted by molar-refractivity contribution is 7.98. The summed E-state index contributed by atoms with van der Waals surface area (Å²) in [5, 5.41) is 14.3. The molecule has 0 unspecified atom stereocenters. The molecular weight excluding hydrogens is 428 g/mol. The molecule has 3 N–H and O–H groups in total. The van der Waals surface area contributed by atoms with Gasteiger partial charge in [0.1, 0.15) is 18.7 Å². The standard InChI is InChI=1S/C24H28N2O5S/c1-3-20(23(28)29)25-22(27)21(12-13-32-2)26-24(30)31-14-19-17-10-6-4-8-15(17)16-9-5-7-11-18(16)19/h4-11,19-21H,3,12-14H2,1-2H3,(H,25,27)(H,26,30)(H,28,29)/t20-,21-/m0/s1. The average Bonchev–Trinajstić information content (AvgIpc) is 3.12. The Hall–Kier alpha value is -3.00. The van der Waals surface area contributed by atoms with Crippen molar-refractivity contribution in [1.29, 1.82) is 0 Å². The van der Waals surface area contributed by atoms with Gasteiger partial charge in [-0.1, -0.05) is 55.5 Å². The van der Waals surface area contributed by atoms with Gasteiger partial charge in [0.25, 0.3) is 0 Å². The molecule has 2 amide bonds. The molecule has 0 aliphatic heterocycles. The molecule has 0 saturated carbocycles. The number of ether oxygens (including phenoxy) is 1. The van der Waals surface area contributed by atoms with Crippen molar-refractivity contribution in [3.63, 3.8) is 0 Å². The topological polar surface area (TPSA) is 105 Å². The molecule has 7 nitrogen and oxygen atoms in total. The lowest BCUT2D eigenvalue weighted by Crippen LogP contribution is -2.51. The maximum atomic E-state index is 12.6. The fraction of sp³-hybridized carbons (Fsp3) is 0.375. The Morgan fingerprint density at radius 1 is 1.00 bits per heavy atom. The summed E-state index contributed by atoms with van der Waals surface area (Å²) >= 11 is 1.54. The summed E-state index contributed by atoms with van der Waals surface area (Å²) in [5.74, 6) is -1.08. The molecule has 2 atom stereocenters. The zero-order valence-corrected chi connectivity index (χ0v) is 19.0. The van der Waals surface area contributed by atoms with Crippen molar-refractivity contribution in [2.75, 3.05) is 18.6 Å².